The molecule has 0 spiro atoms. The minimum Gasteiger partial charge on any atom is -0.328 e. The summed E-state index contributed by atoms with van der Waals surface area (Å²) in [6.07, 6.45) is 6.71. The van der Waals surface area contributed by atoms with Gasteiger partial charge >= 0.3 is 0 Å². The number of likely N-dealkylation sites (tertiary alicyclic amines) is 2. The lowest BCUT2D eigenvalue weighted by Gasteiger charge is -2.34. The van der Waals surface area contributed by atoms with E-state index in [0.29, 0.717) is 6.04 Å². The second-order valence-electron chi connectivity index (χ2n) is 6.60. The van der Waals surface area contributed by atoms with Crippen LogP contribution < -0.4 is 5.73 Å². The molecule has 118 valence electrons. The van der Waals surface area contributed by atoms with Crippen molar-refractivity contribution < 1.29 is 0 Å². The van der Waals surface area contributed by atoms with E-state index in [1.807, 2.05) is 6.20 Å². The lowest BCUT2D eigenvalue weighted by molar-refractivity contribution is 0.151. The van der Waals surface area contributed by atoms with E-state index in [4.69, 9.17) is 5.73 Å². The minimum atomic E-state index is 0.433. The van der Waals surface area contributed by atoms with Gasteiger partial charge in [-0.15, -0.1) is 0 Å². The number of hydrogen-bond acceptors (Lipinski definition) is 4. The van der Waals surface area contributed by atoms with Gasteiger partial charge in [0.2, 0.25) is 0 Å². The molecular formula is C16H29N5. The quantitative estimate of drug-likeness (QED) is 0.888. The number of piperidine rings is 1. The zero-order valence-corrected chi connectivity index (χ0v) is 13.2. The van der Waals surface area contributed by atoms with Gasteiger partial charge in [0.05, 0.1) is 5.69 Å². The Balaban J connectivity index is 1.51. The maximum atomic E-state index is 6.01. The minimum absolute atomic E-state index is 0.433. The molecule has 5 heteroatoms. The lowest BCUT2D eigenvalue weighted by atomic mass is 10.0. The third-order valence-electron chi connectivity index (χ3n) is 4.96. The van der Waals surface area contributed by atoms with Crippen LogP contribution in [0.25, 0.3) is 0 Å². The molecular weight excluding hydrogens is 262 g/mol. The van der Waals surface area contributed by atoms with Gasteiger partial charge in [-0.1, -0.05) is 6.92 Å². The van der Waals surface area contributed by atoms with Crippen molar-refractivity contribution >= 4 is 0 Å². The van der Waals surface area contributed by atoms with Gasteiger partial charge in [0, 0.05) is 44.5 Å². The van der Waals surface area contributed by atoms with E-state index in [1.165, 1.54) is 51.1 Å². The first-order valence-corrected chi connectivity index (χ1v) is 8.49. The second-order valence-corrected chi connectivity index (χ2v) is 6.60. The molecule has 1 aromatic heterocycles. The van der Waals surface area contributed by atoms with Gasteiger partial charge in [-0.2, -0.15) is 5.10 Å². The van der Waals surface area contributed by atoms with Gasteiger partial charge in [0.15, 0.2) is 0 Å². The van der Waals surface area contributed by atoms with Crippen molar-refractivity contribution in [3.63, 3.8) is 0 Å². The first-order valence-electron chi connectivity index (χ1n) is 8.49. The Morgan fingerprint density at radius 1 is 1.24 bits per heavy atom. The molecule has 2 N–H and O–H groups in total. The van der Waals surface area contributed by atoms with Gasteiger partial charge in [-0.25, -0.2) is 0 Å². The van der Waals surface area contributed by atoms with Crippen molar-refractivity contribution in [2.24, 2.45) is 5.73 Å². The fraction of sp³-hybridized carbons (Fsp3) is 0.812. The lowest BCUT2D eigenvalue weighted by Crippen LogP contribution is -2.46. The molecule has 21 heavy (non-hydrogen) atoms. The molecule has 1 atom stereocenters. The Hall–Kier alpha value is -0.910. The molecule has 0 aromatic carbocycles. The number of nitrogens with two attached hydrogens (primary N) is 1. The molecule has 5 nitrogen and oxygen atoms in total. The predicted octanol–water partition coefficient (Wildman–Crippen LogP) is 1.29. The van der Waals surface area contributed by atoms with Crippen LogP contribution in [0.15, 0.2) is 12.3 Å². The van der Waals surface area contributed by atoms with Crippen LogP contribution in [-0.4, -0.2) is 57.8 Å². The van der Waals surface area contributed by atoms with Crippen molar-refractivity contribution in [3.05, 3.63) is 18.0 Å². The van der Waals surface area contributed by atoms with Crippen LogP contribution in [0.3, 0.4) is 0 Å². The summed E-state index contributed by atoms with van der Waals surface area (Å²) in [5.74, 6) is 0. The Labute approximate surface area is 128 Å². The molecule has 0 radical (unpaired) electrons. The summed E-state index contributed by atoms with van der Waals surface area (Å²) in [4.78, 5) is 5.25. The standard InChI is InChI=1S/C16H29N5/c1-2-8-21-16(3-7-18-21)13-19-9-6-15(12-19)20-10-4-14(17)5-11-20/h3,7,14-15H,2,4-6,8-13,17H2,1H3. The maximum Gasteiger partial charge on any atom is 0.0524 e. The summed E-state index contributed by atoms with van der Waals surface area (Å²) in [6.45, 7) is 9.07. The van der Waals surface area contributed by atoms with Gasteiger partial charge in [-0.3, -0.25) is 14.5 Å². The van der Waals surface area contributed by atoms with E-state index >= 15 is 0 Å². The highest BCUT2D eigenvalue weighted by Crippen LogP contribution is 2.21. The van der Waals surface area contributed by atoms with Gasteiger partial charge < -0.3 is 5.73 Å². The van der Waals surface area contributed by atoms with Crippen LogP contribution in [0.2, 0.25) is 0 Å². The predicted molar refractivity (Wildman–Crippen MR) is 85.0 cm³/mol. The highest BCUT2D eigenvalue weighted by molar-refractivity contribution is 5.01. The average Bonchev–Trinajstić information content (AvgIpc) is 3.11. The summed E-state index contributed by atoms with van der Waals surface area (Å²) in [6, 6.07) is 3.34. The molecule has 0 amide bonds. The smallest absolute Gasteiger partial charge is 0.0524 e. The van der Waals surface area contributed by atoms with E-state index in [1.54, 1.807) is 0 Å². The average molecular weight is 291 g/mol. The Bertz CT molecular complexity index is 436. The van der Waals surface area contributed by atoms with E-state index < -0.39 is 0 Å². The SMILES string of the molecule is CCCn1nccc1CN1CCC(N2CCC(N)CC2)C1. The normalized spacial score (nSPS) is 25.7. The maximum absolute atomic E-state index is 6.01. The summed E-state index contributed by atoms with van der Waals surface area (Å²) in [7, 11) is 0. The molecule has 0 saturated carbocycles. The molecule has 2 aliphatic heterocycles. The topological polar surface area (TPSA) is 50.3 Å². The highest BCUT2D eigenvalue weighted by atomic mass is 15.3. The highest BCUT2D eigenvalue weighted by Gasteiger charge is 2.30. The molecule has 1 unspecified atom stereocenters. The van der Waals surface area contributed by atoms with Crippen molar-refractivity contribution in [1.29, 1.82) is 0 Å². The van der Waals surface area contributed by atoms with Crippen LogP contribution in [0.4, 0.5) is 0 Å². The van der Waals surface area contributed by atoms with Crippen LogP contribution >= 0.6 is 0 Å². The number of aromatic nitrogens is 2. The molecule has 2 fully saturated rings. The summed E-state index contributed by atoms with van der Waals surface area (Å²) in [5.41, 5.74) is 7.37. The van der Waals surface area contributed by atoms with Crippen molar-refractivity contribution in [2.45, 2.75) is 57.8 Å². The van der Waals surface area contributed by atoms with Gasteiger partial charge in [0.1, 0.15) is 0 Å². The van der Waals surface area contributed by atoms with E-state index in [9.17, 15) is 0 Å². The Morgan fingerprint density at radius 2 is 2.05 bits per heavy atom. The number of rotatable bonds is 5. The number of nitrogens with zero attached hydrogens (tertiary/aromatic N) is 4. The molecule has 2 aliphatic rings. The van der Waals surface area contributed by atoms with Crippen molar-refractivity contribution in [2.75, 3.05) is 26.2 Å². The first kappa shape index (κ1) is 15.0. The Kier molecular flexibility index (Phi) is 4.93. The number of aryl methyl sites for hydroxylation is 1. The molecule has 3 rings (SSSR count). The van der Waals surface area contributed by atoms with Crippen molar-refractivity contribution in [3.8, 4) is 0 Å². The molecule has 1 aromatic rings. The van der Waals surface area contributed by atoms with E-state index in [2.05, 4.69) is 32.6 Å². The largest absolute Gasteiger partial charge is 0.328 e. The van der Waals surface area contributed by atoms with E-state index in [-0.39, 0.29) is 0 Å². The third-order valence-corrected chi connectivity index (χ3v) is 4.96. The summed E-state index contributed by atoms with van der Waals surface area (Å²) < 4.78 is 2.16. The van der Waals surface area contributed by atoms with Crippen LogP contribution in [0, 0.1) is 0 Å². The van der Waals surface area contributed by atoms with Crippen LogP contribution in [0.5, 0.6) is 0 Å². The third kappa shape index (κ3) is 3.65. The monoisotopic (exact) mass is 291 g/mol. The zero-order chi connectivity index (χ0) is 14.7. The van der Waals surface area contributed by atoms with Crippen LogP contribution in [0.1, 0.15) is 38.3 Å². The van der Waals surface area contributed by atoms with E-state index in [0.717, 1.165) is 25.6 Å². The fourth-order valence-electron chi connectivity index (χ4n) is 3.68. The van der Waals surface area contributed by atoms with Crippen molar-refractivity contribution in [1.82, 2.24) is 19.6 Å². The summed E-state index contributed by atoms with van der Waals surface area (Å²) >= 11 is 0. The molecule has 2 saturated heterocycles. The van der Waals surface area contributed by atoms with Gasteiger partial charge in [0.25, 0.3) is 0 Å². The fourth-order valence-corrected chi connectivity index (χ4v) is 3.68. The molecule has 0 bridgehead atoms. The molecule has 3 heterocycles. The van der Waals surface area contributed by atoms with Gasteiger partial charge in [-0.05, 0) is 44.8 Å². The summed E-state index contributed by atoms with van der Waals surface area (Å²) in [5, 5.41) is 4.43. The number of hydrogen-bond donors (Lipinski definition) is 1. The first-order chi connectivity index (χ1) is 10.3. The van der Waals surface area contributed by atoms with Crippen LogP contribution in [-0.2, 0) is 13.1 Å². The Morgan fingerprint density at radius 3 is 2.81 bits per heavy atom. The molecule has 0 aliphatic carbocycles. The second kappa shape index (κ2) is 6.90. The zero-order valence-electron chi connectivity index (χ0n) is 13.2.